The highest BCUT2D eigenvalue weighted by molar-refractivity contribution is 6.30. The second-order valence-electron chi connectivity index (χ2n) is 6.00. The van der Waals surface area contributed by atoms with E-state index in [0.717, 1.165) is 29.7 Å². The lowest BCUT2D eigenvalue weighted by Crippen LogP contribution is -2.24. The van der Waals surface area contributed by atoms with Crippen LogP contribution < -0.4 is 14.8 Å². The first-order valence-corrected chi connectivity index (χ1v) is 8.84. The topological polar surface area (TPSA) is 76.2 Å². The van der Waals surface area contributed by atoms with Crippen LogP contribution in [0.25, 0.3) is 0 Å². The summed E-state index contributed by atoms with van der Waals surface area (Å²) in [6.07, 6.45) is 1.97. The zero-order valence-corrected chi connectivity index (χ0v) is 15.4. The van der Waals surface area contributed by atoms with Gasteiger partial charge in [0.2, 0.25) is 5.91 Å². The summed E-state index contributed by atoms with van der Waals surface area (Å²) < 4.78 is 11.4. The number of hydrogen-bond donors (Lipinski definition) is 2. The lowest BCUT2D eigenvalue weighted by molar-refractivity contribution is -0.116. The molecule has 1 aliphatic heterocycles. The molecule has 0 aliphatic carbocycles. The molecule has 0 saturated carbocycles. The van der Waals surface area contributed by atoms with Crippen LogP contribution in [0.15, 0.2) is 12.1 Å². The number of aromatic nitrogens is 2. The van der Waals surface area contributed by atoms with E-state index in [-0.39, 0.29) is 11.8 Å². The number of anilines is 1. The Morgan fingerprint density at radius 1 is 1.36 bits per heavy atom. The minimum Gasteiger partial charge on any atom is -0.493 e. The van der Waals surface area contributed by atoms with Crippen molar-refractivity contribution in [2.45, 2.75) is 39.0 Å². The number of fused-ring (bicyclic) bond motifs is 1. The maximum absolute atomic E-state index is 12.2. The number of aromatic amines is 1. The maximum Gasteiger partial charge on any atom is 0.226 e. The first-order valence-electron chi connectivity index (χ1n) is 8.46. The third-order valence-electron chi connectivity index (χ3n) is 4.33. The summed E-state index contributed by atoms with van der Waals surface area (Å²) in [6, 6.07) is 3.59. The fourth-order valence-corrected chi connectivity index (χ4v) is 3.44. The fourth-order valence-electron chi connectivity index (χ4n) is 3.22. The Balaban J connectivity index is 2.17. The summed E-state index contributed by atoms with van der Waals surface area (Å²) in [5.74, 6) is 1.54. The number of methoxy groups -OCH3 is 1. The van der Waals surface area contributed by atoms with Crippen LogP contribution >= 0.6 is 11.6 Å². The van der Waals surface area contributed by atoms with Crippen molar-refractivity contribution in [2.75, 3.05) is 19.0 Å². The SMILES string of the molecule is CCCOc1c(OC)cc(Cl)cc1C1CC(=O)Nc2n[nH]c(CC)c21. The average Bonchev–Trinajstić information content (AvgIpc) is 3.01. The van der Waals surface area contributed by atoms with Gasteiger partial charge in [-0.15, -0.1) is 0 Å². The summed E-state index contributed by atoms with van der Waals surface area (Å²) >= 11 is 6.31. The van der Waals surface area contributed by atoms with Crippen LogP contribution in [-0.2, 0) is 11.2 Å². The molecule has 1 aromatic heterocycles. The van der Waals surface area contributed by atoms with Gasteiger partial charge in [-0.3, -0.25) is 9.89 Å². The van der Waals surface area contributed by atoms with Crippen molar-refractivity contribution in [3.8, 4) is 11.5 Å². The van der Waals surface area contributed by atoms with E-state index in [0.29, 0.717) is 35.4 Å². The van der Waals surface area contributed by atoms with Crippen LogP contribution in [0.4, 0.5) is 5.82 Å². The van der Waals surface area contributed by atoms with Crippen molar-refractivity contribution in [1.82, 2.24) is 10.2 Å². The van der Waals surface area contributed by atoms with E-state index < -0.39 is 0 Å². The van der Waals surface area contributed by atoms with Crippen molar-refractivity contribution in [3.63, 3.8) is 0 Å². The zero-order chi connectivity index (χ0) is 18.0. The monoisotopic (exact) mass is 363 g/mol. The Morgan fingerprint density at radius 2 is 2.16 bits per heavy atom. The lowest BCUT2D eigenvalue weighted by Gasteiger charge is -2.26. The molecule has 7 heteroatoms. The highest BCUT2D eigenvalue weighted by Crippen LogP contribution is 2.46. The number of amides is 1. The Bertz CT molecular complexity index is 788. The summed E-state index contributed by atoms with van der Waals surface area (Å²) in [4.78, 5) is 12.2. The van der Waals surface area contributed by atoms with Gasteiger partial charge in [-0.05, 0) is 18.9 Å². The number of H-pyrrole nitrogens is 1. The number of benzene rings is 1. The molecule has 2 N–H and O–H groups in total. The summed E-state index contributed by atoms with van der Waals surface area (Å²) in [7, 11) is 1.59. The summed E-state index contributed by atoms with van der Waals surface area (Å²) in [5.41, 5.74) is 2.85. The van der Waals surface area contributed by atoms with Gasteiger partial charge in [0.1, 0.15) is 0 Å². The van der Waals surface area contributed by atoms with Crippen molar-refractivity contribution >= 4 is 23.3 Å². The van der Waals surface area contributed by atoms with E-state index in [4.69, 9.17) is 21.1 Å². The number of nitrogens with zero attached hydrogens (tertiary/aromatic N) is 1. The third kappa shape index (κ3) is 3.31. The second-order valence-corrected chi connectivity index (χ2v) is 6.43. The number of ether oxygens (including phenoxy) is 2. The highest BCUT2D eigenvalue weighted by Gasteiger charge is 2.34. The van der Waals surface area contributed by atoms with Gasteiger partial charge in [-0.25, -0.2) is 0 Å². The van der Waals surface area contributed by atoms with Crippen molar-refractivity contribution in [1.29, 1.82) is 0 Å². The Hall–Kier alpha value is -2.21. The maximum atomic E-state index is 12.2. The van der Waals surface area contributed by atoms with Crippen LogP contribution in [0, 0.1) is 0 Å². The van der Waals surface area contributed by atoms with Crippen LogP contribution in [-0.4, -0.2) is 29.8 Å². The molecule has 1 amide bonds. The van der Waals surface area contributed by atoms with Gasteiger partial charge >= 0.3 is 0 Å². The van der Waals surface area contributed by atoms with Crippen molar-refractivity contribution in [2.24, 2.45) is 0 Å². The Morgan fingerprint density at radius 3 is 2.84 bits per heavy atom. The molecule has 25 heavy (non-hydrogen) atoms. The van der Waals surface area contributed by atoms with E-state index in [1.807, 2.05) is 19.9 Å². The molecule has 0 spiro atoms. The number of aryl methyl sites for hydroxylation is 1. The highest BCUT2D eigenvalue weighted by atomic mass is 35.5. The second kappa shape index (κ2) is 7.35. The fraction of sp³-hybridized carbons (Fsp3) is 0.444. The largest absolute Gasteiger partial charge is 0.493 e. The van der Waals surface area contributed by atoms with Gasteiger partial charge in [-0.2, -0.15) is 5.10 Å². The number of carbonyl (C=O) groups excluding carboxylic acids is 1. The van der Waals surface area contributed by atoms with E-state index in [2.05, 4.69) is 15.5 Å². The van der Waals surface area contributed by atoms with Crippen LogP contribution in [0.5, 0.6) is 11.5 Å². The number of halogens is 1. The minimum absolute atomic E-state index is 0.0768. The number of rotatable bonds is 6. The van der Waals surface area contributed by atoms with Gasteiger partial charge in [-0.1, -0.05) is 25.4 Å². The number of hydrogen-bond acceptors (Lipinski definition) is 4. The molecule has 134 valence electrons. The smallest absolute Gasteiger partial charge is 0.226 e. The molecule has 0 fully saturated rings. The molecular weight excluding hydrogens is 342 g/mol. The lowest BCUT2D eigenvalue weighted by atomic mass is 9.84. The predicted octanol–water partition coefficient (Wildman–Crippen LogP) is 3.90. The molecule has 0 saturated heterocycles. The molecule has 1 aromatic carbocycles. The molecule has 1 unspecified atom stereocenters. The van der Waals surface area contributed by atoms with Gasteiger partial charge in [0.05, 0.1) is 13.7 Å². The Labute approximate surface area is 151 Å². The molecule has 0 radical (unpaired) electrons. The van der Waals surface area contributed by atoms with E-state index in [1.54, 1.807) is 13.2 Å². The third-order valence-corrected chi connectivity index (χ3v) is 4.54. The summed E-state index contributed by atoms with van der Waals surface area (Å²) in [6.45, 7) is 4.65. The van der Waals surface area contributed by atoms with Gasteiger partial charge in [0, 0.05) is 40.2 Å². The number of carbonyl (C=O) groups is 1. The van der Waals surface area contributed by atoms with Gasteiger partial charge < -0.3 is 14.8 Å². The molecule has 1 atom stereocenters. The van der Waals surface area contributed by atoms with Crippen molar-refractivity contribution < 1.29 is 14.3 Å². The average molecular weight is 364 g/mol. The summed E-state index contributed by atoms with van der Waals surface area (Å²) in [5, 5.41) is 10.7. The Kier molecular flexibility index (Phi) is 5.18. The standard InChI is InChI=1S/C18H22ClN3O3/c1-4-6-25-17-12(7-10(19)8-14(17)24-3)11-9-15(23)20-18-16(11)13(5-2)21-22-18/h7-8,11H,4-6,9H2,1-3H3,(H2,20,21,22,23). The predicted molar refractivity (Wildman–Crippen MR) is 96.8 cm³/mol. The van der Waals surface area contributed by atoms with E-state index in [9.17, 15) is 4.79 Å². The molecule has 0 bridgehead atoms. The van der Waals surface area contributed by atoms with Crippen LogP contribution in [0.1, 0.15) is 49.4 Å². The minimum atomic E-state index is -0.183. The first kappa shape index (κ1) is 17.6. The van der Waals surface area contributed by atoms with Gasteiger partial charge in [0.25, 0.3) is 0 Å². The van der Waals surface area contributed by atoms with Crippen LogP contribution in [0.2, 0.25) is 5.02 Å². The molecular formula is C18H22ClN3O3. The molecule has 6 nitrogen and oxygen atoms in total. The van der Waals surface area contributed by atoms with Crippen molar-refractivity contribution in [3.05, 3.63) is 34.0 Å². The zero-order valence-electron chi connectivity index (χ0n) is 14.6. The quantitative estimate of drug-likeness (QED) is 0.816. The normalized spacial score (nSPS) is 16.3. The molecule has 3 rings (SSSR count). The molecule has 1 aliphatic rings. The van der Waals surface area contributed by atoms with Crippen LogP contribution in [0.3, 0.4) is 0 Å². The number of nitrogens with one attached hydrogen (secondary N) is 2. The molecule has 2 heterocycles. The first-order chi connectivity index (χ1) is 12.1. The molecule has 2 aromatic rings. The van der Waals surface area contributed by atoms with E-state index in [1.165, 1.54) is 0 Å². The van der Waals surface area contributed by atoms with Gasteiger partial charge in [0.15, 0.2) is 17.3 Å². The van der Waals surface area contributed by atoms with E-state index >= 15 is 0 Å².